The molecular formula is C11H21N3O. The van der Waals surface area contributed by atoms with E-state index in [-0.39, 0.29) is 11.5 Å². The van der Waals surface area contributed by atoms with E-state index in [9.17, 15) is 0 Å². The minimum atomic E-state index is -0.0388. The summed E-state index contributed by atoms with van der Waals surface area (Å²) in [5.74, 6) is 1.50. The Labute approximate surface area is 91.2 Å². The van der Waals surface area contributed by atoms with Crippen LogP contribution in [0.1, 0.15) is 52.3 Å². The number of hydrogen-bond acceptors (Lipinski definition) is 4. The molecule has 0 aromatic carbocycles. The number of aromatic nitrogens is 2. The predicted octanol–water partition coefficient (Wildman–Crippen LogP) is 2.04. The lowest BCUT2D eigenvalue weighted by atomic mass is 9.96. The van der Waals surface area contributed by atoms with Crippen molar-refractivity contribution in [1.82, 2.24) is 10.1 Å². The van der Waals surface area contributed by atoms with Crippen molar-refractivity contribution in [1.29, 1.82) is 0 Å². The smallest absolute Gasteiger partial charge is 0.226 e. The number of hydrogen-bond donors (Lipinski definition) is 1. The summed E-state index contributed by atoms with van der Waals surface area (Å²) in [4.78, 5) is 4.36. The number of aryl methyl sites for hydroxylation is 1. The van der Waals surface area contributed by atoms with Gasteiger partial charge in [0.05, 0.1) is 0 Å². The first-order valence-corrected chi connectivity index (χ1v) is 5.48. The van der Waals surface area contributed by atoms with Gasteiger partial charge in [0.15, 0.2) is 5.82 Å². The topological polar surface area (TPSA) is 64.9 Å². The number of rotatable bonds is 4. The van der Waals surface area contributed by atoms with Crippen LogP contribution in [0.15, 0.2) is 4.52 Å². The molecule has 15 heavy (non-hydrogen) atoms. The zero-order valence-corrected chi connectivity index (χ0v) is 10.1. The molecule has 1 unspecified atom stereocenters. The summed E-state index contributed by atoms with van der Waals surface area (Å²) in [5, 5.41) is 3.97. The van der Waals surface area contributed by atoms with Gasteiger partial charge in [-0.1, -0.05) is 25.9 Å². The van der Waals surface area contributed by atoms with Crippen LogP contribution in [0.25, 0.3) is 0 Å². The Morgan fingerprint density at radius 3 is 2.53 bits per heavy atom. The van der Waals surface area contributed by atoms with Crippen LogP contribution < -0.4 is 5.73 Å². The van der Waals surface area contributed by atoms with E-state index in [4.69, 9.17) is 10.3 Å². The van der Waals surface area contributed by atoms with Crippen LogP contribution in [0.5, 0.6) is 0 Å². The quantitative estimate of drug-likeness (QED) is 0.827. The molecule has 0 saturated heterocycles. The Balaban J connectivity index is 2.47. The molecule has 0 radical (unpaired) electrons. The second kappa shape index (κ2) is 4.75. The van der Waals surface area contributed by atoms with E-state index in [1.807, 2.05) is 6.92 Å². The van der Waals surface area contributed by atoms with Gasteiger partial charge in [0, 0.05) is 17.9 Å². The normalized spacial score (nSPS) is 14.2. The maximum Gasteiger partial charge on any atom is 0.226 e. The summed E-state index contributed by atoms with van der Waals surface area (Å²) in [6.07, 6.45) is 2.82. The fourth-order valence-corrected chi connectivity index (χ4v) is 1.24. The molecule has 2 N–H and O–H groups in total. The molecule has 4 heteroatoms. The summed E-state index contributed by atoms with van der Waals surface area (Å²) < 4.78 is 5.17. The van der Waals surface area contributed by atoms with Gasteiger partial charge in [-0.15, -0.1) is 0 Å². The largest absolute Gasteiger partial charge is 0.339 e. The zero-order valence-electron chi connectivity index (χ0n) is 10.1. The molecule has 0 spiro atoms. The van der Waals surface area contributed by atoms with Crippen LogP contribution in [-0.2, 0) is 11.8 Å². The fourth-order valence-electron chi connectivity index (χ4n) is 1.24. The van der Waals surface area contributed by atoms with Crippen LogP contribution in [-0.4, -0.2) is 16.2 Å². The molecule has 4 nitrogen and oxygen atoms in total. The summed E-state index contributed by atoms with van der Waals surface area (Å²) in [5.41, 5.74) is 5.63. The molecule has 1 atom stereocenters. The summed E-state index contributed by atoms with van der Waals surface area (Å²) in [6.45, 7) is 8.23. The van der Waals surface area contributed by atoms with Gasteiger partial charge >= 0.3 is 0 Å². The first-order chi connectivity index (χ1) is 6.89. The molecule has 0 bridgehead atoms. The van der Waals surface area contributed by atoms with Crippen LogP contribution >= 0.6 is 0 Å². The SMILES string of the molecule is CC(N)CCCc1nc(C(C)(C)C)no1. The highest BCUT2D eigenvalue weighted by Gasteiger charge is 2.20. The Morgan fingerprint density at radius 1 is 1.40 bits per heavy atom. The number of nitrogens with two attached hydrogens (primary N) is 1. The third-order valence-corrected chi connectivity index (χ3v) is 2.19. The molecule has 1 aromatic heterocycles. The van der Waals surface area contributed by atoms with Gasteiger partial charge in [-0.2, -0.15) is 4.98 Å². The maximum absolute atomic E-state index is 5.66. The van der Waals surface area contributed by atoms with Crippen molar-refractivity contribution < 1.29 is 4.52 Å². The molecule has 0 aliphatic rings. The Bertz CT molecular complexity index is 299. The number of nitrogens with zero attached hydrogens (tertiary/aromatic N) is 2. The molecule has 0 aliphatic heterocycles. The van der Waals surface area contributed by atoms with Crippen LogP contribution in [0.4, 0.5) is 0 Å². The maximum atomic E-state index is 5.66. The minimum absolute atomic E-state index is 0.0388. The lowest BCUT2D eigenvalue weighted by Gasteiger charge is -2.10. The average molecular weight is 211 g/mol. The summed E-state index contributed by atoms with van der Waals surface area (Å²) in [6, 6.07) is 0.245. The minimum Gasteiger partial charge on any atom is -0.339 e. The van der Waals surface area contributed by atoms with E-state index in [0.29, 0.717) is 0 Å². The highest BCUT2D eigenvalue weighted by atomic mass is 16.5. The monoisotopic (exact) mass is 211 g/mol. The molecule has 1 heterocycles. The molecule has 0 aliphatic carbocycles. The van der Waals surface area contributed by atoms with Crippen molar-refractivity contribution in [2.24, 2.45) is 5.73 Å². The highest BCUT2D eigenvalue weighted by Crippen LogP contribution is 2.18. The predicted molar refractivity (Wildman–Crippen MR) is 59.6 cm³/mol. The van der Waals surface area contributed by atoms with Gasteiger partial charge in [-0.05, 0) is 19.8 Å². The van der Waals surface area contributed by atoms with E-state index in [1.54, 1.807) is 0 Å². The first-order valence-electron chi connectivity index (χ1n) is 5.48. The molecule has 86 valence electrons. The summed E-state index contributed by atoms with van der Waals surface area (Å²) >= 11 is 0. The lowest BCUT2D eigenvalue weighted by Crippen LogP contribution is -2.14. The van der Waals surface area contributed by atoms with Gasteiger partial charge < -0.3 is 10.3 Å². The summed E-state index contributed by atoms with van der Waals surface area (Å²) in [7, 11) is 0. The van der Waals surface area contributed by atoms with Crippen LogP contribution in [0.3, 0.4) is 0 Å². The van der Waals surface area contributed by atoms with Crippen LogP contribution in [0, 0.1) is 0 Å². The fraction of sp³-hybridized carbons (Fsp3) is 0.818. The Hall–Kier alpha value is -0.900. The second-order valence-corrected chi connectivity index (χ2v) is 5.13. The van der Waals surface area contributed by atoms with Crippen molar-refractivity contribution in [3.8, 4) is 0 Å². The van der Waals surface area contributed by atoms with E-state index < -0.39 is 0 Å². The molecule has 1 rings (SSSR count). The average Bonchev–Trinajstić information content (AvgIpc) is 2.51. The van der Waals surface area contributed by atoms with Crippen molar-refractivity contribution in [3.05, 3.63) is 11.7 Å². The van der Waals surface area contributed by atoms with Gasteiger partial charge in [-0.3, -0.25) is 0 Å². The second-order valence-electron chi connectivity index (χ2n) is 5.13. The van der Waals surface area contributed by atoms with Crippen molar-refractivity contribution in [3.63, 3.8) is 0 Å². The van der Waals surface area contributed by atoms with E-state index in [0.717, 1.165) is 31.0 Å². The Kier molecular flexibility index (Phi) is 3.85. The molecule has 0 amide bonds. The third-order valence-electron chi connectivity index (χ3n) is 2.19. The zero-order chi connectivity index (χ0) is 11.5. The first kappa shape index (κ1) is 12.2. The van der Waals surface area contributed by atoms with E-state index in [2.05, 4.69) is 30.9 Å². The Morgan fingerprint density at radius 2 is 2.07 bits per heavy atom. The molecule has 1 aromatic rings. The van der Waals surface area contributed by atoms with E-state index >= 15 is 0 Å². The third kappa shape index (κ3) is 4.00. The highest BCUT2D eigenvalue weighted by molar-refractivity contribution is 4.99. The van der Waals surface area contributed by atoms with Crippen molar-refractivity contribution in [2.75, 3.05) is 0 Å². The lowest BCUT2D eigenvalue weighted by molar-refractivity contribution is 0.359. The van der Waals surface area contributed by atoms with Gasteiger partial charge in [0.1, 0.15) is 0 Å². The molecular weight excluding hydrogens is 190 g/mol. The van der Waals surface area contributed by atoms with Gasteiger partial charge in [0.2, 0.25) is 5.89 Å². The molecule has 0 fully saturated rings. The van der Waals surface area contributed by atoms with Crippen molar-refractivity contribution in [2.45, 2.75) is 58.4 Å². The standard InChI is InChI=1S/C11H21N3O/c1-8(12)6-5-7-9-13-10(14-15-9)11(2,3)4/h8H,5-7,12H2,1-4H3. The van der Waals surface area contributed by atoms with E-state index in [1.165, 1.54) is 0 Å². The van der Waals surface area contributed by atoms with Gasteiger partial charge in [0.25, 0.3) is 0 Å². The van der Waals surface area contributed by atoms with Crippen LogP contribution in [0.2, 0.25) is 0 Å². The van der Waals surface area contributed by atoms with Gasteiger partial charge in [-0.25, -0.2) is 0 Å². The molecule has 0 saturated carbocycles. The van der Waals surface area contributed by atoms with Crippen molar-refractivity contribution >= 4 is 0 Å².